The van der Waals surface area contributed by atoms with E-state index in [4.69, 9.17) is 4.74 Å². The smallest absolute Gasteiger partial charge is 0.341 e. The Labute approximate surface area is 113 Å². The SMILES string of the molecule is CCOC(=O)c1cnn(-c2cc(C)c(Br)cn2)c1. The summed E-state index contributed by atoms with van der Waals surface area (Å²) < 4.78 is 7.38. The highest BCUT2D eigenvalue weighted by Gasteiger charge is 2.10. The van der Waals surface area contributed by atoms with Gasteiger partial charge in [0.05, 0.1) is 18.4 Å². The number of carbonyl (C=O) groups is 1. The van der Waals surface area contributed by atoms with Crippen molar-refractivity contribution in [1.29, 1.82) is 0 Å². The summed E-state index contributed by atoms with van der Waals surface area (Å²) in [5, 5.41) is 4.10. The van der Waals surface area contributed by atoms with Gasteiger partial charge in [-0.05, 0) is 41.4 Å². The molecule has 0 aliphatic carbocycles. The minimum Gasteiger partial charge on any atom is -0.462 e. The fourth-order valence-corrected chi connectivity index (χ4v) is 1.63. The van der Waals surface area contributed by atoms with Crippen LogP contribution in [-0.2, 0) is 4.74 Å². The van der Waals surface area contributed by atoms with E-state index in [0.717, 1.165) is 10.0 Å². The number of aromatic nitrogens is 3. The van der Waals surface area contributed by atoms with Gasteiger partial charge in [0, 0.05) is 16.9 Å². The van der Waals surface area contributed by atoms with Gasteiger partial charge >= 0.3 is 5.97 Å². The Bertz CT molecular complexity index is 580. The maximum absolute atomic E-state index is 11.5. The molecule has 18 heavy (non-hydrogen) atoms. The number of carbonyl (C=O) groups excluding carboxylic acids is 1. The fourth-order valence-electron chi connectivity index (χ4n) is 1.42. The number of esters is 1. The highest BCUT2D eigenvalue weighted by molar-refractivity contribution is 9.10. The van der Waals surface area contributed by atoms with Gasteiger partial charge in [-0.3, -0.25) is 0 Å². The Morgan fingerprint density at radius 1 is 1.50 bits per heavy atom. The molecule has 2 aromatic heterocycles. The monoisotopic (exact) mass is 309 g/mol. The summed E-state index contributed by atoms with van der Waals surface area (Å²) in [4.78, 5) is 15.7. The number of nitrogens with zero attached hydrogens (tertiary/aromatic N) is 3. The van der Waals surface area contributed by atoms with Gasteiger partial charge in [-0.25, -0.2) is 14.5 Å². The number of pyridine rings is 1. The Morgan fingerprint density at radius 3 is 2.94 bits per heavy atom. The Kier molecular flexibility index (Phi) is 3.76. The molecule has 6 heteroatoms. The summed E-state index contributed by atoms with van der Waals surface area (Å²) in [5.41, 5.74) is 1.47. The molecule has 0 fully saturated rings. The van der Waals surface area contributed by atoms with E-state index in [9.17, 15) is 4.79 Å². The predicted octanol–water partition coefficient (Wildman–Crippen LogP) is 2.51. The van der Waals surface area contributed by atoms with Crippen molar-refractivity contribution < 1.29 is 9.53 Å². The number of hydrogen-bond donors (Lipinski definition) is 0. The van der Waals surface area contributed by atoms with Gasteiger partial charge in [0.15, 0.2) is 5.82 Å². The van der Waals surface area contributed by atoms with Crippen molar-refractivity contribution >= 4 is 21.9 Å². The van der Waals surface area contributed by atoms with E-state index in [0.29, 0.717) is 18.0 Å². The molecule has 0 aromatic carbocycles. The van der Waals surface area contributed by atoms with E-state index >= 15 is 0 Å². The molecule has 0 bridgehead atoms. The Morgan fingerprint density at radius 2 is 2.28 bits per heavy atom. The Hall–Kier alpha value is -1.69. The van der Waals surface area contributed by atoms with Crippen LogP contribution in [0.3, 0.4) is 0 Å². The van der Waals surface area contributed by atoms with Gasteiger partial charge in [-0.1, -0.05) is 0 Å². The maximum Gasteiger partial charge on any atom is 0.341 e. The quantitative estimate of drug-likeness (QED) is 0.817. The van der Waals surface area contributed by atoms with E-state index in [-0.39, 0.29) is 5.97 Å². The van der Waals surface area contributed by atoms with Crippen LogP contribution < -0.4 is 0 Å². The standard InChI is InChI=1S/C12H12BrN3O2/c1-3-18-12(17)9-5-15-16(7-9)11-4-8(2)10(13)6-14-11/h4-7H,3H2,1-2H3. The molecule has 2 aromatic rings. The van der Waals surface area contributed by atoms with E-state index < -0.39 is 0 Å². The summed E-state index contributed by atoms with van der Waals surface area (Å²) in [6, 6.07) is 1.88. The highest BCUT2D eigenvalue weighted by Crippen LogP contribution is 2.17. The molecular weight excluding hydrogens is 298 g/mol. The molecule has 0 aliphatic heterocycles. The van der Waals surface area contributed by atoms with Gasteiger partial charge in [-0.2, -0.15) is 5.10 Å². The molecule has 0 unspecified atom stereocenters. The predicted molar refractivity (Wildman–Crippen MR) is 69.8 cm³/mol. The topological polar surface area (TPSA) is 57.0 Å². The summed E-state index contributed by atoms with van der Waals surface area (Å²) in [6.45, 7) is 4.08. The van der Waals surface area contributed by atoms with Crippen molar-refractivity contribution in [2.75, 3.05) is 6.61 Å². The van der Waals surface area contributed by atoms with Crippen LogP contribution in [0.5, 0.6) is 0 Å². The zero-order valence-electron chi connectivity index (χ0n) is 10.1. The second-order valence-corrected chi connectivity index (χ2v) is 4.54. The van der Waals surface area contributed by atoms with E-state index in [1.54, 1.807) is 24.0 Å². The van der Waals surface area contributed by atoms with E-state index in [1.165, 1.54) is 6.20 Å². The second-order valence-electron chi connectivity index (χ2n) is 3.69. The zero-order valence-corrected chi connectivity index (χ0v) is 11.6. The molecule has 0 saturated carbocycles. The lowest BCUT2D eigenvalue weighted by atomic mass is 10.3. The first-order valence-electron chi connectivity index (χ1n) is 5.46. The van der Waals surface area contributed by atoms with Crippen molar-refractivity contribution in [2.24, 2.45) is 0 Å². The third-order valence-electron chi connectivity index (χ3n) is 2.36. The van der Waals surface area contributed by atoms with Gasteiger partial charge in [0.2, 0.25) is 0 Å². The van der Waals surface area contributed by atoms with Crippen molar-refractivity contribution in [3.63, 3.8) is 0 Å². The second kappa shape index (κ2) is 5.30. The average Bonchev–Trinajstić information content (AvgIpc) is 2.82. The van der Waals surface area contributed by atoms with Crippen LogP contribution in [0.2, 0.25) is 0 Å². The lowest BCUT2D eigenvalue weighted by molar-refractivity contribution is 0.0526. The number of ether oxygens (including phenoxy) is 1. The number of hydrogen-bond acceptors (Lipinski definition) is 4. The first-order chi connectivity index (χ1) is 8.61. The van der Waals surface area contributed by atoms with Gasteiger partial charge in [0.25, 0.3) is 0 Å². The molecule has 0 atom stereocenters. The Balaban J connectivity index is 2.29. The van der Waals surface area contributed by atoms with Gasteiger partial charge in [-0.15, -0.1) is 0 Å². The third-order valence-corrected chi connectivity index (χ3v) is 3.19. The molecule has 5 nitrogen and oxygen atoms in total. The van der Waals surface area contributed by atoms with Crippen molar-refractivity contribution in [3.05, 3.63) is 40.3 Å². The molecule has 0 saturated heterocycles. The van der Waals surface area contributed by atoms with Gasteiger partial charge in [0.1, 0.15) is 0 Å². The van der Waals surface area contributed by atoms with Gasteiger partial charge < -0.3 is 4.74 Å². The highest BCUT2D eigenvalue weighted by atomic mass is 79.9. The molecule has 0 N–H and O–H groups in total. The summed E-state index contributed by atoms with van der Waals surface area (Å²) in [7, 11) is 0. The third kappa shape index (κ3) is 2.59. The van der Waals surface area contributed by atoms with Crippen LogP contribution in [-0.4, -0.2) is 27.3 Å². The molecular formula is C12H12BrN3O2. The zero-order chi connectivity index (χ0) is 13.1. The van der Waals surface area contributed by atoms with Crippen LogP contribution >= 0.6 is 15.9 Å². The molecule has 0 amide bonds. The lowest BCUT2D eigenvalue weighted by Gasteiger charge is -2.02. The van der Waals surface area contributed by atoms with Crippen molar-refractivity contribution in [3.8, 4) is 5.82 Å². The fraction of sp³-hybridized carbons (Fsp3) is 0.250. The number of rotatable bonds is 3. The van der Waals surface area contributed by atoms with Crippen LogP contribution in [0, 0.1) is 6.92 Å². The van der Waals surface area contributed by atoms with Crippen LogP contribution in [0.4, 0.5) is 0 Å². The van der Waals surface area contributed by atoms with Crippen molar-refractivity contribution in [2.45, 2.75) is 13.8 Å². The first-order valence-corrected chi connectivity index (χ1v) is 6.25. The van der Waals surface area contributed by atoms with E-state index in [1.807, 2.05) is 13.0 Å². The number of halogens is 1. The lowest BCUT2D eigenvalue weighted by Crippen LogP contribution is -2.03. The average molecular weight is 310 g/mol. The maximum atomic E-state index is 11.5. The molecule has 2 heterocycles. The van der Waals surface area contributed by atoms with E-state index in [2.05, 4.69) is 26.0 Å². The first kappa shape index (κ1) is 12.8. The molecule has 0 aliphatic rings. The number of aryl methyl sites for hydroxylation is 1. The normalized spacial score (nSPS) is 10.4. The van der Waals surface area contributed by atoms with Crippen LogP contribution in [0.25, 0.3) is 5.82 Å². The molecule has 0 radical (unpaired) electrons. The van der Waals surface area contributed by atoms with Crippen LogP contribution in [0.1, 0.15) is 22.8 Å². The minimum absolute atomic E-state index is 0.347. The molecule has 0 spiro atoms. The molecule has 2 rings (SSSR count). The summed E-state index contributed by atoms with van der Waals surface area (Å²) >= 11 is 3.38. The van der Waals surface area contributed by atoms with Crippen molar-refractivity contribution in [1.82, 2.24) is 14.8 Å². The van der Waals surface area contributed by atoms with Crippen LogP contribution in [0.15, 0.2) is 29.1 Å². The summed E-state index contributed by atoms with van der Waals surface area (Å²) in [6.07, 6.45) is 4.78. The summed E-state index contributed by atoms with van der Waals surface area (Å²) in [5.74, 6) is 0.281. The largest absolute Gasteiger partial charge is 0.462 e. The molecule has 94 valence electrons. The minimum atomic E-state index is -0.377.